The van der Waals surface area contributed by atoms with Gasteiger partial charge in [0.25, 0.3) is 5.69 Å². The summed E-state index contributed by atoms with van der Waals surface area (Å²) in [5, 5.41) is 22.7. The van der Waals surface area contributed by atoms with Crippen LogP contribution in [0.1, 0.15) is 10.4 Å². The molecular weight excluding hydrogens is 304 g/mol. The lowest BCUT2D eigenvalue weighted by atomic mass is 10.1. The Morgan fingerprint density at radius 3 is 2.86 bits per heavy atom. The molecule has 1 aromatic rings. The summed E-state index contributed by atoms with van der Waals surface area (Å²) in [6.07, 6.45) is -0.230. The third-order valence-corrected chi connectivity index (χ3v) is 3.21. The van der Waals surface area contributed by atoms with Gasteiger partial charge in [-0.15, -0.1) is 0 Å². The highest BCUT2D eigenvalue weighted by atomic mass is 35.5. The SMILES string of the molecule is O=C(O)c1cc([N+](=O)[O-])cc(Cl)c1NCC1COCCO1. The fourth-order valence-corrected chi connectivity index (χ4v) is 2.20. The van der Waals surface area contributed by atoms with Crippen LogP contribution in [0.25, 0.3) is 0 Å². The number of carbonyl (C=O) groups is 1. The number of hydrogen-bond donors (Lipinski definition) is 2. The number of nitrogens with zero attached hydrogens (tertiary/aromatic N) is 1. The van der Waals surface area contributed by atoms with E-state index in [9.17, 15) is 14.9 Å². The van der Waals surface area contributed by atoms with Crippen molar-refractivity contribution in [1.82, 2.24) is 0 Å². The number of aromatic carboxylic acids is 1. The van der Waals surface area contributed by atoms with Crippen LogP contribution in [0.3, 0.4) is 0 Å². The lowest BCUT2D eigenvalue weighted by molar-refractivity contribution is -0.384. The van der Waals surface area contributed by atoms with Gasteiger partial charge >= 0.3 is 5.97 Å². The molecule has 1 unspecified atom stereocenters. The number of carboxylic acids is 1. The Bertz CT molecular complexity index is 559. The molecule has 114 valence electrons. The molecule has 1 heterocycles. The molecule has 0 bridgehead atoms. The van der Waals surface area contributed by atoms with Crippen molar-refractivity contribution in [3.63, 3.8) is 0 Å². The number of nitro groups is 1. The van der Waals surface area contributed by atoms with E-state index in [0.717, 1.165) is 12.1 Å². The van der Waals surface area contributed by atoms with Crippen molar-refractivity contribution in [2.24, 2.45) is 0 Å². The fraction of sp³-hybridized carbons (Fsp3) is 0.417. The zero-order valence-corrected chi connectivity index (χ0v) is 11.6. The highest BCUT2D eigenvalue weighted by molar-refractivity contribution is 6.34. The normalized spacial score (nSPS) is 18.2. The molecule has 0 saturated carbocycles. The van der Waals surface area contributed by atoms with Crippen molar-refractivity contribution in [2.45, 2.75) is 6.10 Å². The maximum atomic E-state index is 11.2. The number of rotatable bonds is 5. The zero-order chi connectivity index (χ0) is 15.4. The minimum Gasteiger partial charge on any atom is -0.478 e. The van der Waals surface area contributed by atoms with Crippen LogP contribution in [0, 0.1) is 10.1 Å². The quantitative estimate of drug-likeness (QED) is 0.629. The Labute approximate surface area is 124 Å². The van der Waals surface area contributed by atoms with Gasteiger partial charge in [0.15, 0.2) is 0 Å². The van der Waals surface area contributed by atoms with Gasteiger partial charge in [0.05, 0.1) is 47.1 Å². The fourth-order valence-electron chi connectivity index (χ4n) is 1.92. The molecule has 0 spiro atoms. The molecule has 1 saturated heterocycles. The van der Waals surface area contributed by atoms with Crippen LogP contribution >= 0.6 is 11.6 Å². The summed E-state index contributed by atoms with van der Waals surface area (Å²) < 4.78 is 10.6. The predicted octanol–water partition coefficient (Wildman–Crippen LogP) is 1.77. The van der Waals surface area contributed by atoms with E-state index in [1.54, 1.807) is 0 Å². The third kappa shape index (κ3) is 3.81. The Morgan fingerprint density at radius 1 is 1.52 bits per heavy atom. The molecule has 1 aromatic carbocycles. The molecule has 2 N–H and O–H groups in total. The van der Waals surface area contributed by atoms with Gasteiger partial charge in [0, 0.05) is 18.7 Å². The first-order valence-corrected chi connectivity index (χ1v) is 6.51. The van der Waals surface area contributed by atoms with E-state index < -0.39 is 10.9 Å². The average molecular weight is 317 g/mol. The van der Waals surface area contributed by atoms with E-state index in [4.69, 9.17) is 26.2 Å². The summed E-state index contributed by atoms with van der Waals surface area (Å²) in [5.74, 6) is -1.30. The molecule has 1 aliphatic rings. The van der Waals surface area contributed by atoms with Crippen molar-refractivity contribution in [1.29, 1.82) is 0 Å². The van der Waals surface area contributed by atoms with E-state index in [2.05, 4.69) is 5.32 Å². The van der Waals surface area contributed by atoms with E-state index in [1.165, 1.54) is 0 Å². The lowest BCUT2D eigenvalue weighted by Gasteiger charge is -2.24. The molecule has 1 aliphatic heterocycles. The minimum atomic E-state index is -1.30. The number of carboxylic acid groups (broad SMARTS) is 1. The molecule has 2 rings (SSSR count). The molecule has 1 atom stereocenters. The topological polar surface area (TPSA) is 111 Å². The number of hydrogen-bond acceptors (Lipinski definition) is 6. The molecule has 0 radical (unpaired) electrons. The van der Waals surface area contributed by atoms with Gasteiger partial charge in [-0.2, -0.15) is 0 Å². The summed E-state index contributed by atoms with van der Waals surface area (Å²) in [6.45, 7) is 1.67. The second-order valence-electron chi connectivity index (χ2n) is 4.36. The number of halogens is 1. The van der Waals surface area contributed by atoms with Crippen LogP contribution in [0.4, 0.5) is 11.4 Å². The second kappa shape index (κ2) is 6.70. The number of ether oxygens (including phenoxy) is 2. The Hall–Kier alpha value is -1.90. The zero-order valence-electron chi connectivity index (χ0n) is 10.9. The maximum absolute atomic E-state index is 11.2. The van der Waals surface area contributed by atoms with Gasteiger partial charge in [-0.25, -0.2) is 4.79 Å². The first-order valence-electron chi connectivity index (χ1n) is 6.13. The molecule has 0 aromatic heterocycles. The van der Waals surface area contributed by atoms with Gasteiger partial charge in [-0.05, 0) is 0 Å². The van der Waals surface area contributed by atoms with E-state index >= 15 is 0 Å². The summed E-state index contributed by atoms with van der Waals surface area (Å²) in [6, 6.07) is 2.07. The van der Waals surface area contributed by atoms with Gasteiger partial charge in [0.2, 0.25) is 0 Å². The first-order chi connectivity index (χ1) is 9.99. The Balaban J connectivity index is 2.20. The van der Waals surface area contributed by atoms with Crippen molar-refractivity contribution in [3.8, 4) is 0 Å². The van der Waals surface area contributed by atoms with Crippen molar-refractivity contribution in [2.75, 3.05) is 31.7 Å². The summed E-state index contributed by atoms with van der Waals surface area (Å²) in [7, 11) is 0. The highest BCUT2D eigenvalue weighted by Crippen LogP contribution is 2.31. The molecule has 0 aliphatic carbocycles. The van der Waals surface area contributed by atoms with Gasteiger partial charge < -0.3 is 19.9 Å². The van der Waals surface area contributed by atoms with E-state index in [1.807, 2.05) is 0 Å². The van der Waals surface area contributed by atoms with Crippen molar-refractivity contribution < 1.29 is 24.3 Å². The smallest absolute Gasteiger partial charge is 0.338 e. The maximum Gasteiger partial charge on any atom is 0.338 e. The second-order valence-corrected chi connectivity index (χ2v) is 4.77. The van der Waals surface area contributed by atoms with Crippen molar-refractivity contribution >= 4 is 28.9 Å². The molecule has 21 heavy (non-hydrogen) atoms. The first kappa shape index (κ1) is 15.5. The molecular formula is C12H13ClN2O6. The van der Waals surface area contributed by atoms with Crippen LogP contribution < -0.4 is 5.32 Å². The predicted molar refractivity (Wildman–Crippen MR) is 74.1 cm³/mol. The summed E-state index contributed by atoms with van der Waals surface area (Å²) in [5.41, 5.74) is -0.505. The Morgan fingerprint density at radius 2 is 2.29 bits per heavy atom. The molecule has 1 fully saturated rings. The van der Waals surface area contributed by atoms with Crippen LogP contribution in [0.15, 0.2) is 12.1 Å². The standard InChI is InChI=1S/C12H13ClN2O6/c13-10-4-7(15(18)19)3-9(12(16)17)11(10)14-5-8-6-20-1-2-21-8/h3-4,8,14H,1-2,5-6H2,(H,16,17). The van der Waals surface area contributed by atoms with Crippen LogP contribution in [0.5, 0.6) is 0 Å². The minimum absolute atomic E-state index is 0.0293. The monoisotopic (exact) mass is 316 g/mol. The van der Waals surface area contributed by atoms with Crippen molar-refractivity contribution in [3.05, 3.63) is 32.8 Å². The van der Waals surface area contributed by atoms with Crippen LogP contribution in [-0.2, 0) is 9.47 Å². The summed E-state index contributed by atoms with van der Waals surface area (Å²) in [4.78, 5) is 21.3. The summed E-state index contributed by atoms with van der Waals surface area (Å²) >= 11 is 5.94. The number of anilines is 1. The lowest BCUT2D eigenvalue weighted by Crippen LogP contribution is -2.34. The van der Waals surface area contributed by atoms with Crippen LogP contribution in [0.2, 0.25) is 5.02 Å². The highest BCUT2D eigenvalue weighted by Gasteiger charge is 2.21. The Kier molecular flexibility index (Phi) is 4.94. The number of nitro benzene ring substituents is 1. The van der Waals surface area contributed by atoms with Gasteiger partial charge in [0.1, 0.15) is 0 Å². The van der Waals surface area contributed by atoms with Gasteiger partial charge in [-0.1, -0.05) is 11.6 Å². The molecule has 9 heteroatoms. The van der Waals surface area contributed by atoms with E-state index in [-0.39, 0.29) is 34.6 Å². The number of nitrogens with one attached hydrogen (secondary N) is 1. The van der Waals surface area contributed by atoms with Crippen LogP contribution in [-0.4, -0.2) is 48.5 Å². The molecule has 0 amide bonds. The number of benzene rings is 1. The largest absolute Gasteiger partial charge is 0.478 e. The average Bonchev–Trinajstić information content (AvgIpc) is 2.46. The molecule has 8 nitrogen and oxygen atoms in total. The van der Waals surface area contributed by atoms with E-state index in [0.29, 0.717) is 19.8 Å². The number of non-ortho nitro benzene ring substituents is 1. The third-order valence-electron chi connectivity index (χ3n) is 2.91. The van der Waals surface area contributed by atoms with Gasteiger partial charge in [-0.3, -0.25) is 10.1 Å².